The van der Waals surface area contributed by atoms with Gasteiger partial charge in [0.1, 0.15) is 11.3 Å². The minimum atomic E-state index is -0.534. The second-order valence-corrected chi connectivity index (χ2v) is 3.35. The molecule has 1 aliphatic heterocycles. The summed E-state index contributed by atoms with van der Waals surface area (Å²) < 4.78 is 1.92. The lowest BCUT2D eigenvalue weighted by Gasteiger charge is -2.14. The number of rotatable bonds is 1. The molecular weight excluding hydrogens is 168 g/mol. The van der Waals surface area contributed by atoms with E-state index in [1.165, 1.54) is 0 Å². The number of fused-ring (bicyclic) bond motifs is 1. The van der Waals surface area contributed by atoms with Crippen LogP contribution in [0.3, 0.4) is 0 Å². The smallest absolute Gasteiger partial charge is 0.254 e. The fourth-order valence-corrected chi connectivity index (χ4v) is 1.89. The predicted octanol–water partition coefficient (Wildman–Crippen LogP) is 0.629. The summed E-state index contributed by atoms with van der Waals surface area (Å²) in [5, 5.41) is 9.45. The molecule has 0 saturated carbocycles. The van der Waals surface area contributed by atoms with Gasteiger partial charge in [-0.2, -0.15) is 0 Å². The average Bonchev–Trinajstić information content (AvgIpc) is 2.39. The number of nitrogens with two attached hydrogens (primary N) is 1. The number of primary amides is 1. The van der Waals surface area contributed by atoms with Crippen molar-refractivity contribution in [2.24, 2.45) is 5.73 Å². The Bertz CT molecular complexity index is 355. The van der Waals surface area contributed by atoms with E-state index < -0.39 is 5.91 Å². The zero-order valence-electron chi connectivity index (χ0n) is 7.29. The molecular formula is C9H12N2O2. The second-order valence-electron chi connectivity index (χ2n) is 3.35. The summed E-state index contributed by atoms with van der Waals surface area (Å²) in [5.74, 6) is -0.516. The maximum atomic E-state index is 11.0. The highest BCUT2D eigenvalue weighted by Gasteiger charge is 2.21. The first kappa shape index (κ1) is 8.16. The molecule has 2 heterocycles. The van der Waals surface area contributed by atoms with Crippen molar-refractivity contribution in [3.05, 3.63) is 17.5 Å². The highest BCUT2D eigenvalue weighted by atomic mass is 16.3. The molecule has 0 saturated heterocycles. The van der Waals surface area contributed by atoms with E-state index in [1.54, 1.807) is 6.20 Å². The largest absolute Gasteiger partial charge is 0.506 e. The molecule has 0 radical (unpaired) electrons. The van der Waals surface area contributed by atoms with Crippen LogP contribution in [-0.2, 0) is 13.0 Å². The number of carbonyl (C=O) groups is 1. The van der Waals surface area contributed by atoms with Gasteiger partial charge in [-0.1, -0.05) is 0 Å². The second kappa shape index (κ2) is 2.80. The third-order valence-corrected chi connectivity index (χ3v) is 2.48. The predicted molar refractivity (Wildman–Crippen MR) is 47.6 cm³/mol. The van der Waals surface area contributed by atoms with Gasteiger partial charge in [-0.05, 0) is 19.3 Å². The highest BCUT2D eigenvalue weighted by Crippen LogP contribution is 2.27. The minimum absolute atomic E-state index is 0.0180. The monoisotopic (exact) mass is 180 g/mol. The maximum absolute atomic E-state index is 11.0. The van der Waals surface area contributed by atoms with Crippen LogP contribution in [0.1, 0.15) is 28.9 Å². The van der Waals surface area contributed by atoms with E-state index in [4.69, 9.17) is 5.73 Å². The number of hydrogen-bond acceptors (Lipinski definition) is 2. The van der Waals surface area contributed by atoms with Gasteiger partial charge in [0.05, 0.1) is 0 Å². The Labute approximate surface area is 76.0 Å². The SMILES string of the molecule is NC(=O)c1c(O)cn2c1CCCC2. The van der Waals surface area contributed by atoms with Gasteiger partial charge in [-0.25, -0.2) is 0 Å². The Hall–Kier alpha value is -1.45. The average molecular weight is 180 g/mol. The van der Waals surface area contributed by atoms with Crippen LogP contribution in [0.2, 0.25) is 0 Å². The molecule has 4 heteroatoms. The number of aromatic hydroxyl groups is 1. The van der Waals surface area contributed by atoms with E-state index >= 15 is 0 Å². The first-order valence-electron chi connectivity index (χ1n) is 4.41. The lowest BCUT2D eigenvalue weighted by Crippen LogP contribution is -2.16. The van der Waals surface area contributed by atoms with Crippen molar-refractivity contribution >= 4 is 5.91 Å². The van der Waals surface area contributed by atoms with Crippen LogP contribution in [0.25, 0.3) is 0 Å². The lowest BCUT2D eigenvalue weighted by atomic mass is 10.1. The number of hydrogen-bond donors (Lipinski definition) is 2. The Morgan fingerprint density at radius 3 is 3.00 bits per heavy atom. The summed E-state index contributed by atoms with van der Waals surface area (Å²) in [6.07, 6.45) is 4.58. The summed E-state index contributed by atoms with van der Waals surface area (Å²) in [5.41, 5.74) is 6.36. The number of aryl methyl sites for hydroxylation is 1. The van der Waals surface area contributed by atoms with Gasteiger partial charge in [-0.15, -0.1) is 0 Å². The van der Waals surface area contributed by atoms with Crippen molar-refractivity contribution < 1.29 is 9.90 Å². The quantitative estimate of drug-likeness (QED) is 0.665. The molecule has 1 amide bonds. The van der Waals surface area contributed by atoms with Gasteiger partial charge in [0.15, 0.2) is 0 Å². The summed E-state index contributed by atoms with van der Waals surface area (Å²) in [4.78, 5) is 11.0. The van der Waals surface area contributed by atoms with E-state index in [0.29, 0.717) is 5.56 Å². The topological polar surface area (TPSA) is 68.2 Å². The third kappa shape index (κ3) is 1.18. The summed E-state index contributed by atoms with van der Waals surface area (Å²) in [7, 11) is 0. The van der Waals surface area contributed by atoms with E-state index in [2.05, 4.69) is 0 Å². The molecule has 1 aromatic rings. The van der Waals surface area contributed by atoms with Crippen molar-refractivity contribution in [3.8, 4) is 5.75 Å². The fourth-order valence-electron chi connectivity index (χ4n) is 1.89. The summed E-state index contributed by atoms with van der Waals surface area (Å²) in [6.45, 7) is 0.871. The van der Waals surface area contributed by atoms with Crippen LogP contribution in [0.4, 0.5) is 0 Å². The molecule has 0 spiro atoms. The third-order valence-electron chi connectivity index (χ3n) is 2.48. The molecule has 70 valence electrons. The fraction of sp³-hybridized carbons (Fsp3) is 0.444. The summed E-state index contributed by atoms with van der Waals surface area (Å²) in [6, 6.07) is 0. The van der Waals surface area contributed by atoms with Gasteiger partial charge in [0, 0.05) is 18.4 Å². The van der Waals surface area contributed by atoms with E-state index in [-0.39, 0.29) is 5.75 Å². The van der Waals surface area contributed by atoms with Gasteiger partial charge in [0.2, 0.25) is 0 Å². The van der Waals surface area contributed by atoms with Gasteiger partial charge in [-0.3, -0.25) is 4.79 Å². The van der Waals surface area contributed by atoms with Crippen molar-refractivity contribution in [2.45, 2.75) is 25.8 Å². The molecule has 0 atom stereocenters. The van der Waals surface area contributed by atoms with Crippen LogP contribution in [0, 0.1) is 0 Å². The standard InChI is InChI=1S/C9H12N2O2/c10-9(13)8-6-3-1-2-4-11(6)5-7(8)12/h5,12H,1-4H2,(H2,10,13). The molecule has 0 bridgehead atoms. The lowest BCUT2D eigenvalue weighted by molar-refractivity contribution is 0.0996. The Morgan fingerprint density at radius 1 is 1.54 bits per heavy atom. The summed E-state index contributed by atoms with van der Waals surface area (Å²) >= 11 is 0. The maximum Gasteiger partial charge on any atom is 0.254 e. The first-order chi connectivity index (χ1) is 6.20. The number of aromatic nitrogens is 1. The van der Waals surface area contributed by atoms with E-state index in [0.717, 1.165) is 31.5 Å². The highest BCUT2D eigenvalue weighted by molar-refractivity contribution is 5.97. The zero-order chi connectivity index (χ0) is 9.42. The number of carbonyl (C=O) groups excluding carboxylic acids is 1. The molecule has 0 aliphatic carbocycles. The Balaban J connectivity index is 2.54. The molecule has 1 aliphatic rings. The van der Waals surface area contributed by atoms with E-state index in [9.17, 15) is 9.90 Å². The molecule has 4 nitrogen and oxygen atoms in total. The molecule has 1 aromatic heterocycles. The Morgan fingerprint density at radius 2 is 2.31 bits per heavy atom. The van der Waals surface area contributed by atoms with Gasteiger partial charge < -0.3 is 15.4 Å². The molecule has 0 unspecified atom stereocenters. The van der Waals surface area contributed by atoms with Gasteiger partial charge in [0.25, 0.3) is 5.91 Å². The molecule has 0 aromatic carbocycles. The Kier molecular flexibility index (Phi) is 1.76. The number of amides is 1. The van der Waals surface area contributed by atoms with Crippen LogP contribution in [0.5, 0.6) is 5.75 Å². The van der Waals surface area contributed by atoms with Crippen molar-refractivity contribution in [1.82, 2.24) is 4.57 Å². The van der Waals surface area contributed by atoms with Crippen LogP contribution in [-0.4, -0.2) is 15.6 Å². The number of nitrogens with zero attached hydrogens (tertiary/aromatic N) is 1. The molecule has 0 fully saturated rings. The van der Waals surface area contributed by atoms with Crippen molar-refractivity contribution in [2.75, 3.05) is 0 Å². The van der Waals surface area contributed by atoms with Gasteiger partial charge >= 0.3 is 0 Å². The van der Waals surface area contributed by atoms with Crippen molar-refractivity contribution in [1.29, 1.82) is 0 Å². The molecule has 3 N–H and O–H groups in total. The molecule has 13 heavy (non-hydrogen) atoms. The van der Waals surface area contributed by atoms with Crippen molar-refractivity contribution in [3.63, 3.8) is 0 Å². The van der Waals surface area contributed by atoms with E-state index in [1.807, 2.05) is 4.57 Å². The van der Waals surface area contributed by atoms with Crippen LogP contribution >= 0.6 is 0 Å². The minimum Gasteiger partial charge on any atom is -0.506 e. The van der Waals surface area contributed by atoms with Crippen LogP contribution < -0.4 is 5.73 Å². The normalized spacial score (nSPS) is 15.4. The molecule has 2 rings (SSSR count). The first-order valence-corrected chi connectivity index (χ1v) is 4.41. The zero-order valence-corrected chi connectivity index (χ0v) is 7.29. The van der Waals surface area contributed by atoms with Crippen LogP contribution in [0.15, 0.2) is 6.20 Å².